The predicted octanol–water partition coefficient (Wildman–Crippen LogP) is 1.81. The summed E-state index contributed by atoms with van der Waals surface area (Å²) in [7, 11) is -3.94. The average Bonchev–Trinajstić information content (AvgIpc) is 3.23. The zero-order valence-electron chi connectivity index (χ0n) is 16.2. The van der Waals surface area contributed by atoms with Crippen LogP contribution in [0.15, 0.2) is 45.9 Å². The normalized spacial score (nSPS) is 15.0. The predicted molar refractivity (Wildman–Crippen MR) is 112 cm³/mol. The molecule has 158 valence electrons. The van der Waals surface area contributed by atoms with Gasteiger partial charge < -0.3 is 9.80 Å². The van der Waals surface area contributed by atoms with E-state index in [1.54, 1.807) is 17.0 Å². The first-order valence-electron chi connectivity index (χ1n) is 9.35. The van der Waals surface area contributed by atoms with Crippen LogP contribution in [0.2, 0.25) is 5.02 Å². The summed E-state index contributed by atoms with van der Waals surface area (Å²) in [6.45, 7) is 3.96. The zero-order chi connectivity index (χ0) is 21.3. The van der Waals surface area contributed by atoms with Gasteiger partial charge in [-0.15, -0.1) is 0 Å². The van der Waals surface area contributed by atoms with Gasteiger partial charge in [-0.2, -0.15) is 0 Å². The number of piperazine rings is 1. The number of benzene rings is 2. The number of nitrogens with zero attached hydrogens (tertiary/aromatic N) is 4. The highest BCUT2D eigenvalue weighted by molar-refractivity contribution is 7.89. The first kappa shape index (κ1) is 20.6. The fraction of sp³-hybridized carbons (Fsp3) is 0.316. The second-order valence-corrected chi connectivity index (χ2v) is 9.18. The fourth-order valence-corrected chi connectivity index (χ4v) is 4.75. The Hall–Kier alpha value is -2.69. The number of nitrogens with one attached hydrogen (secondary N) is 1. The SMILES string of the molecule is Cc1ccc(Cl)cc1N1CCN(C(=O)CNS(=O)(=O)c2cccc3nonc23)CC1. The molecule has 1 aliphatic heterocycles. The molecule has 1 aromatic heterocycles. The van der Waals surface area contributed by atoms with Crippen LogP contribution in [0.5, 0.6) is 0 Å². The van der Waals surface area contributed by atoms with E-state index in [0.29, 0.717) is 36.7 Å². The number of halogens is 1. The second kappa shape index (κ2) is 8.21. The monoisotopic (exact) mass is 449 g/mol. The molecule has 0 unspecified atom stereocenters. The summed E-state index contributed by atoms with van der Waals surface area (Å²) in [5.74, 6) is -0.286. The molecule has 0 aliphatic carbocycles. The summed E-state index contributed by atoms with van der Waals surface area (Å²) in [5.41, 5.74) is 2.62. The number of rotatable bonds is 5. The summed E-state index contributed by atoms with van der Waals surface area (Å²) in [5, 5.41) is 7.94. The molecule has 1 saturated heterocycles. The summed E-state index contributed by atoms with van der Waals surface area (Å²) < 4.78 is 32.2. The van der Waals surface area contributed by atoms with E-state index >= 15 is 0 Å². The van der Waals surface area contributed by atoms with Crippen LogP contribution >= 0.6 is 11.6 Å². The second-order valence-electron chi connectivity index (χ2n) is 7.01. The van der Waals surface area contributed by atoms with E-state index in [9.17, 15) is 13.2 Å². The maximum atomic E-state index is 12.6. The van der Waals surface area contributed by atoms with Crippen LogP contribution in [0.3, 0.4) is 0 Å². The number of aryl methyl sites for hydroxylation is 1. The van der Waals surface area contributed by atoms with Crippen LogP contribution in [0.25, 0.3) is 11.0 Å². The summed E-state index contributed by atoms with van der Waals surface area (Å²) in [6.07, 6.45) is 0. The quantitative estimate of drug-likeness (QED) is 0.632. The van der Waals surface area contributed by atoms with Gasteiger partial charge >= 0.3 is 0 Å². The first-order valence-corrected chi connectivity index (χ1v) is 11.2. The van der Waals surface area contributed by atoms with Crippen LogP contribution in [0, 0.1) is 6.92 Å². The smallest absolute Gasteiger partial charge is 0.243 e. The Morgan fingerprint density at radius 2 is 1.93 bits per heavy atom. The first-order chi connectivity index (χ1) is 14.3. The van der Waals surface area contributed by atoms with Crippen molar-refractivity contribution in [3.05, 3.63) is 47.0 Å². The average molecular weight is 450 g/mol. The summed E-state index contributed by atoms with van der Waals surface area (Å²) >= 11 is 6.11. The zero-order valence-corrected chi connectivity index (χ0v) is 17.8. The Bertz CT molecular complexity index is 1190. The molecule has 30 heavy (non-hydrogen) atoms. The van der Waals surface area contributed by atoms with Gasteiger partial charge in [0.1, 0.15) is 10.4 Å². The number of carbonyl (C=O) groups is 1. The molecule has 0 saturated carbocycles. The molecule has 2 aromatic carbocycles. The Morgan fingerprint density at radius 3 is 2.70 bits per heavy atom. The molecule has 4 rings (SSSR count). The Morgan fingerprint density at radius 1 is 1.17 bits per heavy atom. The lowest BCUT2D eigenvalue weighted by atomic mass is 10.1. The molecule has 1 fully saturated rings. The van der Waals surface area contributed by atoms with Crippen molar-refractivity contribution in [1.29, 1.82) is 0 Å². The lowest BCUT2D eigenvalue weighted by Gasteiger charge is -2.37. The van der Waals surface area contributed by atoms with Crippen molar-refractivity contribution in [3.63, 3.8) is 0 Å². The molecule has 1 aliphatic rings. The third-order valence-corrected chi connectivity index (χ3v) is 6.76. The number of fused-ring (bicyclic) bond motifs is 1. The third kappa shape index (κ3) is 4.11. The highest BCUT2D eigenvalue weighted by Crippen LogP contribution is 2.25. The van der Waals surface area contributed by atoms with Crippen molar-refractivity contribution in [3.8, 4) is 0 Å². The van der Waals surface area contributed by atoms with Crippen LogP contribution < -0.4 is 9.62 Å². The lowest BCUT2D eigenvalue weighted by Crippen LogP contribution is -2.51. The van der Waals surface area contributed by atoms with Crippen molar-refractivity contribution in [2.24, 2.45) is 0 Å². The van der Waals surface area contributed by atoms with Gasteiger partial charge in [-0.3, -0.25) is 4.79 Å². The van der Waals surface area contributed by atoms with Gasteiger partial charge in [-0.05, 0) is 47.1 Å². The van der Waals surface area contributed by atoms with E-state index in [-0.39, 0.29) is 22.9 Å². The number of hydrogen-bond acceptors (Lipinski definition) is 7. The van der Waals surface area contributed by atoms with E-state index in [1.807, 2.05) is 25.1 Å². The lowest BCUT2D eigenvalue weighted by molar-refractivity contribution is -0.130. The largest absolute Gasteiger partial charge is 0.368 e. The molecule has 3 aromatic rings. The van der Waals surface area contributed by atoms with E-state index < -0.39 is 10.0 Å². The van der Waals surface area contributed by atoms with E-state index in [2.05, 4.69) is 24.6 Å². The van der Waals surface area contributed by atoms with Crippen LogP contribution in [0.1, 0.15) is 5.56 Å². The fourth-order valence-electron chi connectivity index (χ4n) is 3.46. The number of anilines is 1. The van der Waals surface area contributed by atoms with E-state index in [4.69, 9.17) is 11.6 Å². The molecule has 2 heterocycles. The standard InChI is InChI=1S/C19H20ClN5O4S/c1-13-5-6-14(20)11-16(13)24-7-9-25(10-8-24)18(26)12-21-30(27,28)17-4-2-3-15-19(17)23-29-22-15/h2-6,11,21H,7-10,12H2,1H3. The molecule has 0 radical (unpaired) electrons. The number of carbonyl (C=O) groups excluding carboxylic acids is 1. The van der Waals surface area contributed by atoms with Gasteiger partial charge in [0.05, 0.1) is 6.54 Å². The minimum Gasteiger partial charge on any atom is -0.368 e. The number of aromatic nitrogens is 2. The van der Waals surface area contributed by atoms with Gasteiger partial charge in [0.2, 0.25) is 15.9 Å². The number of sulfonamides is 1. The number of amides is 1. The van der Waals surface area contributed by atoms with Gasteiger partial charge in [0.25, 0.3) is 0 Å². The van der Waals surface area contributed by atoms with Crippen LogP contribution in [-0.4, -0.2) is 62.3 Å². The van der Waals surface area contributed by atoms with E-state index in [1.165, 1.54) is 6.07 Å². The van der Waals surface area contributed by atoms with Crippen molar-refractivity contribution < 1.29 is 17.8 Å². The topological polar surface area (TPSA) is 109 Å². The van der Waals surface area contributed by atoms with Gasteiger partial charge in [-0.1, -0.05) is 23.7 Å². The van der Waals surface area contributed by atoms with Gasteiger partial charge in [-0.25, -0.2) is 17.8 Å². The van der Waals surface area contributed by atoms with Crippen molar-refractivity contribution in [2.75, 3.05) is 37.6 Å². The minimum absolute atomic E-state index is 0.0738. The maximum absolute atomic E-state index is 12.6. The van der Waals surface area contributed by atoms with Crippen molar-refractivity contribution in [1.82, 2.24) is 19.9 Å². The van der Waals surface area contributed by atoms with Crippen LogP contribution in [-0.2, 0) is 14.8 Å². The Balaban J connectivity index is 1.37. The maximum Gasteiger partial charge on any atom is 0.243 e. The number of hydrogen-bond donors (Lipinski definition) is 1. The Kier molecular flexibility index (Phi) is 5.63. The third-order valence-electron chi connectivity index (χ3n) is 5.10. The summed E-state index contributed by atoms with van der Waals surface area (Å²) in [4.78, 5) is 16.3. The van der Waals surface area contributed by atoms with Crippen LogP contribution in [0.4, 0.5) is 5.69 Å². The molecular formula is C19H20ClN5O4S. The van der Waals surface area contributed by atoms with Crippen molar-refractivity contribution in [2.45, 2.75) is 11.8 Å². The summed E-state index contributed by atoms with van der Waals surface area (Å²) in [6, 6.07) is 10.3. The highest BCUT2D eigenvalue weighted by atomic mass is 35.5. The molecule has 9 nitrogen and oxygen atoms in total. The molecule has 0 bridgehead atoms. The molecular weight excluding hydrogens is 430 g/mol. The molecule has 1 amide bonds. The molecule has 0 spiro atoms. The van der Waals surface area contributed by atoms with E-state index in [0.717, 1.165) is 11.3 Å². The minimum atomic E-state index is -3.94. The van der Waals surface area contributed by atoms with Gasteiger partial charge in [0.15, 0.2) is 5.52 Å². The highest BCUT2D eigenvalue weighted by Gasteiger charge is 2.25. The van der Waals surface area contributed by atoms with Crippen molar-refractivity contribution >= 4 is 44.3 Å². The molecule has 1 N–H and O–H groups in total. The van der Waals surface area contributed by atoms with Gasteiger partial charge in [0, 0.05) is 36.9 Å². The molecule has 11 heteroatoms. The Labute approximate surface area is 178 Å². The molecule has 0 atom stereocenters.